The van der Waals surface area contributed by atoms with Gasteiger partial charge in [-0.05, 0) is 7.05 Å². The molecule has 1 heterocycles. The molecular formula is C7H11F2N3. The minimum absolute atomic E-state index is 0.249. The summed E-state index contributed by atoms with van der Waals surface area (Å²) in [4.78, 5) is 6.08. The van der Waals surface area contributed by atoms with E-state index in [2.05, 4.69) is 15.3 Å². The lowest BCUT2D eigenvalue weighted by atomic mass is 10.3. The molecule has 0 aliphatic carbocycles. The van der Waals surface area contributed by atoms with Gasteiger partial charge in [0.15, 0.2) is 5.82 Å². The van der Waals surface area contributed by atoms with E-state index in [1.165, 1.54) is 6.20 Å². The maximum atomic E-state index is 12.0. The molecule has 1 aromatic heterocycles. The molecule has 0 aliphatic rings. The minimum atomic E-state index is -2.51. The number of halogens is 2. The van der Waals surface area contributed by atoms with Crippen LogP contribution in [0.4, 0.5) is 8.78 Å². The first-order valence-corrected chi connectivity index (χ1v) is 3.70. The van der Waals surface area contributed by atoms with Crippen LogP contribution in [0.25, 0.3) is 0 Å². The molecule has 1 aromatic rings. The van der Waals surface area contributed by atoms with E-state index >= 15 is 0 Å². The first-order valence-electron chi connectivity index (χ1n) is 3.70. The fourth-order valence-corrected chi connectivity index (χ4v) is 0.874. The minimum Gasteiger partial charge on any atom is -0.341 e. The molecule has 0 fully saturated rings. The second kappa shape index (κ2) is 4.15. The molecule has 0 aliphatic heterocycles. The third kappa shape index (κ3) is 2.27. The van der Waals surface area contributed by atoms with Gasteiger partial charge in [-0.3, -0.25) is 0 Å². The molecule has 68 valence electrons. The van der Waals surface area contributed by atoms with Gasteiger partial charge in [0.1, 0.15) is 0 Å². The number of H-pyrrole nitrogens is 1. The monoisotopic (exact) mass is 175 g/mol. The number of imidazole rings is 1. The van der Waals surface area contributed by atoms with E-state index < -0.39 is 6.43 Å². The summed E-state index contributed by atoms with van der Waals surface area (Å²) >= 11 is 0. The Kier molecular flexibility index (Phi) is 3.16. The van der Waals surface area contributed by atoms with Crippen molar-refractivity contribution >= 4 is 0 Å². The standard InChI is InChI=1S/C7H11F2N3/c1-10-3-2-5-4-11-7(12-5)6(8)9/h4,6,10H,2-3H2,1H3,(H,11,12). The predicted molar refractivity (Wildman–Crippen MR) is 41.2 cm³/mol. The highest BCUT2D eigenvalue weighted by molar-refractivity contribution is 5.02. The summed E-state index contributed by atoms with van der Waals surface area (Å²) in [5.74, 6) is -0.249. The van der Waals surface area contributed by atoms with Crippen molar-refractivity contribution in [2.75, 3.05) is 13.6 Å². The Hall–Kier alpha value is -0.970. The number of aromatic amines is 1. The van der Waals surface area contributed by atoms with Crippen molar-refractivity contribution in [3.63, 3.8) is 0 Å². The zero-order chi connectivity index (χ0) is 8.97. The van der Waals surface area contributed by atoms with Crippen LogP contribution >= 0.6 is 0 Å². The molecule has 2 N–H and O–H groups in total. The average Bonchev–Trinajstić information content (AvgIpc) is 2.48. The lowest BCUT2D eigenvalue weighted by Crippen LogP contribution is -2.10. The van der Waals surface area contributed by atoms with Gasteiger partial charge in [0.05, 0.1) is 0 Å². The Bertz CT molecular complexity index is 234. The Morgan fingerprint density at radius 2 is 2.42 bits per heavy atom. The second-order valence-corrected chi connectivity index (χ2v) is 2.45. The smallest absolute Gasteiger partial charge is 0.295 e. The largest absolute Gasteiger partial charge is 0.341 e. The Morgan fingerprint density at radius 3 is 2.92 bits per heavy atom. The summed E-state index contributed by atoms with van der Waals surface area (Å²) in [5, 5.41) is 2.92. The molecule has 0 saturated carbocycles. The third-order valence-corrected chi connectivity index (χ3v) is 1.50. The lowest BCUT2D eigenvalue weighted by Gasteiger charge is -1.95. The van der Waals surface area contributed by atoms with Crippen molar-refractivity contribution < 1.29 is 8.78 Å². The number of alkyl halides is 2. The van der Waals surface area contributed by atoms with E-state index in [1.54, 1.807) is 0 Å². The summed E-state index contributed by atoms with van der Waals surface area (Å²) in [5.41, 5.74) is 0.736. The maximum absolute atomic E-state index is 12.0. The molecule has 0 atom stereocenters. The van der Waals surface area contributed by atoms with E-state index in [-0.39, 0.29) is 5.82 Å². The molecule has 5 heteroatoms. The Balaban J connectivity index is 2.52. The number of likely N-dealkylation sites (N-methyl/N-ethyl adjacent to an activating group) is 1. The Morgan fingerprint density at radius 1 is 1.67 bits per heavy atom. The number of nitrogens with zero attached hydrogens (tertiary/aromatic N) is 1. The van der Waals surface area contributed by atoms with Crippen molar-refractivity contribution in [1.29, 1.82) is 0 Å². The second-order valence-electron chi connectivity index (χ2n) is 2.45. The van der Waals surface area contributed by atoms with Gasteiger partial charge < -0.3 is 10.3 Å². The van der Waals surface area contributed by atoms with E-state index in [4.69, 9.17) is 0 Å². The van der Waals surface area contributed by atoms with Crippen molar-refractivity contribution in [3.05, 3.63) is 17.7 Å². The number of hydrogen-bond acceptors (Lipinski definition) is 2. The van der Waals surface area contributed by atoms with Gasteiger partial charge in [0.25, 0.3) is 6.43 Å². The van der Waals surface area contributed by atoms with Crippen molar-refractivity contribution in [1.82, 2.24) is 15.3 Å². The van der Waals surface area contributed by atoms with Crippen LogP contribution in [-0.4, -0.2) is 23.6 Å². The molecule has 0 bridgehead atoms. The highest BCUT2D eigenvalue weighted by atomic mass is 19.3. The fraction of sp³-hybridized carbons (Fsp3) is 0.571. The lowest BCUT2D eigenvalue weighted by molar-refractivity contribution is 0.141. The molecule has 3 nitrogen and oxygen atoms in total. The van der Waals surface area contributed by atoms with E-state index in [0.29, 0.717) is 6.42 Å². The highest BCUT2D eigenvalue weighted by Crippen LogP contribution is 2.14. The quantitative estimate of drug-likeness (QED) is 0.719. The Labute approximate surface area is 69.2 Å². The topological polar surface area (TPSA) is 40.7 Å². The number of hydrogen-bond donors (Lipinski definition) is 2. The van der Waals surface area contributed by atoms with Gasteiger partial charge in [-0.1, -0.05) is 0 Å². The first-order chi connectivity index (χ1) is 5.74. The van der Waals surface area contributed by atoms with Crippen molar-refractivity contribution in [3.8, 4) is 0 Å². The summed E-state index contributed by atoms with van der Waals surface area (Å²) in [6, 6.07) is 0. The van der Waals surface area contributed by atoms with Gasteiger partial charge in [-0.15, -0.1) is 0 Å². The van der Waals surface area contributed by atoms with Gasteiger partial charge in [-0.25, -0.2) is 13.8 Å². The molecule has 0 spiro atoms. The van der Waals surface area contributed by atoms with E-state index in [0.717, 1.165) is 12.2 Å². The van der Waals surface area contributed by atoms with Gasteiger partial charge in [0, 0.05) is 24.9 Å². The van der Waals surface area contributed by atoms with Crippen LogP contribution in [0.3, 0.4) is 0 Å². The molecule has 0 amide bonds. The maximum Gasteiger partial charge on any atom is 0.295 e. The van der Waals surface area contributed by atoms with E-state index in [1.807, 2.05) is 7.05 Å². The SMILES string of the molecule is CNCCc1cnc(C(F)F)[nH]1. The van der Waals surface area contributed by atoms with Crippen LogP contribution in [0.2, 0.25) is 0 Å². The van der Waals surface area contributed by atoms with E-state index in [9.17, 15) is 8.78 Å². The van der Waals surface area contributed by atoms with Crippen LogP contribution < -0.4 is 5.32 Å². The third-order valence-electron chi connectivity index (χ3n) is 1.50. The number of nitrogens with one attached hydrogen (secondary N) is 2. The first kappa shape index (κ1) is 9.12. The molecule has 12 heavy (non-hydrogen) atoms. The number of aromatic nitrogens is 2. The van der Waals surface area contributed by atoms with Gasteiger partial charge in [-0.2, -0.15) is 0 Å². The summed E-state index contributed by atoms with van der Waals surface area (Å²) in [6.07, 6.45) is -0.372. The number of rotatable bonds is 4. The molecule has 1 rings (SSSR count). The zero-order valence-corrected chi connectivity index (χ0v) is 6.77. The zero-order valence-electron chi connectivity index (χ0n) is 6.77. The summed E-state index contributed by atoms with van der Waals surface area (Å²) in [7, 11) is 1.81. The van der Waals surface area contributed by atoms with Crippen LogP contribution in [0, 0.1) is 0 Å². The highest BCUT2D eigenvalue weighted by Gasteiger charge is 2.10. The normalized spacial score (nSPS) is 11.0. The molecule has 0 aromatic carbocycles. The van der Waals surface area contributed by atoms with Crippen LogP contribution in [-0.2, 0) is 6.42 Å². The van der Waals surface area contributed by atoms with Crippen LogP contribution in [0.5, 0.6) is 0 Å². The van der Waals surface area contributed by atoms with Crippen LogP contribution in [0.15, 0.2) is 6.20 Å². The fourth-order valence-electron chi connectivity index (χ4n) is 0.874. The summed E-state index contributed by atoms with van der Waals surface area (Å²) < 4.78 is 24.0. The van der Waals surface area contributed by atoms with Gasteiger partial charge >= 0.3 is 0 Å². The predicted octanol–water partition coefficient (Wildman–Crippen LogP) is 1.11. The summed E-state index contributed by atoms with van der Waals surface area (Å²) in [6.45, 7) is 0.755. The van der Waals surface area contributed by atoms with Crippen LogP contribution in [0.1, 0.15) is 17.9 Å². The molecule has 0 saturated heterocycles. The molecule has 0 radical (unpaired) electrons. The average molecular weight is 175 g/mol. The molecule has 0 unspecified atom stereocenters. The van der Waals surface area contributed by atoms with Gasteiger partial charge in [0.2, 0.25) is 0 Å². The van der Waals surface area contributed by atoms with Crippen molar-refractivity contribution in [2.45, 2.75) is 12.8 Å². The molecular weight excluding hydrogens is 164 g/mol. The van der Waals surface area contributed by atoms with Crippen molar-refractivity contribution in [2.24, 2.45) is 0 Å².